The molecule has 0 nitrogen and oxygen atoms in total. The molecule has 4 aromatic carbocycles. The highest BCUT2D eigenvalue weighted by molar-refractivity contribution is 5.80. The van der Waals surface area contributed by atoms with Gasteiger partial charge in [-0.1, -0.05) is 114 Å². The lowest BCUT2D eigenvalue weighted by molar-refractivity contribution is 1.43. The molecule has 1 saturated carbocycles. The van der Waals surface area contributed by atoms with Gasteiger partial charge in [-0.25, -0.2) is 0 Å². The van der Waals surface area contributed by atoms with E-state index in [0.29, 0.717) is 0 Å². The van der Waals surface area contributed by atoms with Crippen molar-refractivity contribution in [3.8, 4) is 11.1 Å². The summed E-state index contributed by atoms with van der Waals surface area (Å²) in [6.45, 7) is 6.39. The minimum Gasteiger partial charge on any atom is -0.113 e. The van der Waals surface area contributed by atoms with E-state index in [0.717, 1.165) is 0 Å². The highest BCUT2D eigenvalue weighted by Gasteiger charge is 2.12. The maximum Gasteiger partial charge on any atom is 0.0309 e. The van der Waals surface area contributed by atoms with Crippen molar-refractivity contribution in [2.45, 2.75) is 33.6 Å². The third kappa shape index (κ3) is 5.76. The number of aryl methyl sites for hydroxylation is 3. The van der Waals surface area contributed by atoms with Crippen LogP contribution in [0.2, 0.25) is 0 Å². The largest absolute Gasteiger partial charge is 0.113 e. The summed E-state index contributed by atoms with van der Waals surface area (Å²) < 4.78 is 0. The summed E-state index contributed by atoms with van der Waals surface area (Å²) in [4.78, 5) is 0. The lowest BCUT2D eigenvalue weighted by Gasteiger charge is -2.07. The van der Waals surface area contributed by atoms with Gasteiger partial charge in [0, 0.05) is 5.57 Å². The van der Waals surface area contributed by atoms with E-state index in [1.807, 2.05) is 6.07 Å². The standard InChI is InChI=1S/C19H18.C13H12/c1-14-3-9-17(10-4-14)19(13-16-7-8-16)18-11-5-15(2)6-12-18;1-11-7-5-6-10-13(11)12-8-3-2-4-9-12/h3-6,9-12H,7-8H2,1-2H3;2-10H,1H3. The van der Waals surface area contributed by atoms with Crippen LogP contribution in [0.5, 0.6) is 0 Å². The Labute approximate surface area is 192 Å². The van der Waals surface area contributed by atoms with Gasteiger partial charge in [-0.3, -0.25) is 0 Å². The topological polar surface area (TPSA) is 0 Å². The Bertz CT molecular complexity index is 1180. The van der Waals surface area contributed by atoms with Crippen LogP contribution in [0.25, 0.3) is 16.7 Å². The molecule has 0 heteroatoms. The van der Waals surface area contributed by atoms with Gasteiger partial charge in [0.15, 0.2) is 0 Å². The predicted octanol–water partition coefficient (Wildman–Crippen LogP) is 8.72. The zero-order valence-corrected chi connectivity index (χ0v) is 19.2. The summed E-state index contributed by atoms with van der Waals surface area (Å²) in [5, 5.41) is 0. The molecule has 0 spiro atoms. The van der Waals surface area contributed by atoms with Crippen LogP contribution < -0.4 is 0 Å². The van der Waals surface area contributed by atoms with Crippen molar-refractivity contribution in [2.24, 2.45) is 0 Å². The van der Waals surface area contributed by atoms with Gasteiger partial charge in [-0.15, -0.1) is 5.73 Å². The van der Waals surface area contributed by atoms with Gasteiger partial charge in [0.1, 0.15) is 0 Å². The molecule has 0 saturated heterocycles. The first kappa shape index (κ1) is 21.6. The summed E-state index contributed by atoms with van der Waals surface area (Å²) in [5.74, 6) is 0. The second-order valence-electron chi connectivity index (χ2n) is 8.52. The molecule has 0 N–H and O–H groups in total. The fourth-order valence-corrected chi connectivity index (χ4v) is 3.63. The molecule has 1 aliphatic carbocycles. The molecule has 5 rings (SSSR count). The molecule has 32 heavy (non-hydrogen) atoms. The SMILES string of the molecule is Cc1ccc(C(=C=C2CC2)c2ccc(C)cc2)cc1.Cc1ccccc1-c1ccccc1. The highest BCUT2D eigenvalue weighted by Crippen LogP contribution is 2.31. The first-order valence-electron chi connectivity index (χ1n) is 11.3. The molecule has 0 amide bonds. The normalized spacial score (nSPS) is 11.8. The van der Waals surface area contributed by atoms with E-state index in [-0.39, 0.29) is 0 Å². The van der Waals surface area contributed by atoms with Gasteiger partial charge in [0.25, 0.3) is 0 Å². The van der Waals surface area contributed by atoms with Crippen molar-refractivity contribution in [2.75, 3.05) is 0 Å². The molecule has 0 aromatic heterocycles. The Kier molecular flexibility index (Phi) is 6.85. The predicted molar refractivity (Wildman–Crippen MR) is 138 cm³/mol. The highest BCUT2D eigenvalue weighted by atomic mass is 14.2. The Hall–Kier alpha value is -3.60. The van der Waals surface area contributed by atoms with Crippen molar-refractivity contribution in [1.82, 2.24) is 0 Å². The minimum atomic E-state index is 1.21. The van der Waals surface area contributed by atoms with Crippen LogP contribution in [0.3, 0.4) is 0 Å². The fourth-order valence-electron chi connectivity index (χ4n) is 3.63. The second kappa shape index (κ2) is 10.1. The summed E-state index contributed by atoms with van der Waals surface area (Å²) in [5.41, 5.74) is 15.3. The fraction of sp³-hybridized carbons (Fsp3) is 0.156. The second-order valence-corrected chi connectivity index (χ2v) is 8.52. The van der Waals surface area contributed by atoms with E-state index in [2.05, 4.69) is 124 Å². The van der Waals surface area contributed by atoms with Gasteiger partial charge >= 0.3 is 0 Å². The van der Waals surface area contributed by atoms with Crippen LogP contribution in [0.15, 0.2) is 114 Å². The maximum absolute atomic E-state index is 3.60. The molecule has 4 aromatic rings. The van der Waals surface area contributed by atoms with Crippen molar-refractivity contribution in [1.29, 1.82) is 0 Å². The number of allylic oxidation sites excluding steroid dienone is 1. The maximum atomic E-state index is 3.60. The molecular formula is C32H30. The summed E-state index contributed by atoms with van der Waals surface area (Å²) in [6, 6.07) is 36.4. The molecule has 0 bridgehead atoms. The van der Waals surface area contributed by atoms with E-state index < -0.39 is 0 Å². The van der Waals surface area contributed by atoms with Gasteiger partial charge in [0.05, 0.1) is 0 Å². The van der Waals surface area contributed by atoms with Crippen LogP contribution in [0, 0.1) is 20.8 Å². The van der Waals surface area contributed by atoms with E-state index >= 15 is 0 Å². The van der Waals surface area contributed by atoms with E-state index in [9.17, 15) is 0 Å². The molecule has 1 aliphatic rings. The molecule has 158 valence electrons. The smallest absolute Gasteiger partial charge is 0.0309 e. The molecule has 1 fully saturated rings. The third-order valence-corrected chi connectivity index (χ3v) is 5.71. The number of rotatable bonds is 3. The van der Waals surface area contributed by atoms with Crippen molar-refractivity contribution >= 4 is 5.57 Å². The number of hydrogen-bond donors (Lipinski definition) is 0. The Morgan fingerprint density at radius 2 is 1.06 bits per heavy atom. The van der Waals surface area contributed by atoms with Crippen LogP contribution >= 0.6 is 0 Å². The van der Waals surface area contributed by atoms with Gasteiger partial charge in [-0.2, -0.15) is 0 Å². The van der Waals surface area contributed by atoms with Crippen LogP contribution in [0.1, 0.15) is 40.7 Å². The molecule has 0 unspecified atom stereocenters. The minimum absolute atomic E-state index is 1.21. The van der Waals surface area contributed by atoms with E-state index in [1.165, 1.54) is 62.9 Å². The van der Waals surface area contributed by atoms with Crippen LogP contribution in [-0.4, -0.2) is 0 Å². The van der Waals surface area contributed by atoms with Crippen LogP contribution in [-0.2, 0) is 0 Å². The van der Waals surface area contributed by atoms with Crippen molar-refractivity contribution in [3.63, 3.8) is 0 Å². The molecule has 0 aliphatic heterocycles. The van der Waals surface area contributed by atoms with E-state index in [1.54, 1.807) is 0 Å². The molecular weight excluding hydrogens is 384 g/mol. The van der Waals surface area contributed by atoms with Gasteiger partial charge < -0.3 is 0 Å². The monoisotopic (exact) mass is 414 g/mol. The van der Waals surface area contributed by atoms with Gasteiger partial charge in [0.2, 0.25) is 0 Å². The first-order chi connectivity index (χ1) is 15.6. The average molecular weight is 415 g/mol. The first-order valence-corrected chi connectivity index (χ1v) is 11.3. The van der Waals surface area contributed by atoms with E-state index in [4.69, 9.17) is 0 Å². The molecule has 0 atom stereocenters. The Morgan fingerprint density at radius 1 is 0.562 bits per heavy atom. The summed E-state index contributed by atoms with van der Waals surface area (Å²) in [6.07, 6.45) is 2.42. The Morgan fingerprint density at radius 3 is 1.56 bits per heavy atom. The van der Waals surface area contributed by atoms with Crippen molar-refractivity contribution in [3.05, 3.63) is 142 Å². The van der Waals surface area contributed by atoms with Gasteiger partial charge in [-0.05, 0) is 67.0 Å². The van der Waals surface area contributed by atoms with Crippen LogP contribution in [0.4, 0.5) is 0 Å². The summed E-state index contributed by atoms with van der Waals surface area (Å²) in [7, 11) is 0. The lowest BCUT2D eigenvalue weighted by Crippen LogP contribution is -1.87. The average Bonchev–Trinajstić information content (AvgIpc) is 3.65. The molecule has 0 radical (unpaired) electrons. The number of hydrogen-bond acceptors (Lipinski definition) is 0. The third-order valence-electron chi connectivity index (χ3n) is 5.71. The lowest BCUT2D eigenvalue weighted by atomic mass is 9.97. The zero-order chi connectivity index (χ0) is 22.3. The molecule has 0 heterocycles. The van der Waals surface area contributed by atoms with Crippen molar-refractivity contribution < 1.29 is 0 Å². The number of benzene rings is 4. The summed E-state index contributed by atoms with van der Waals surface area (Å²) >= 11 is 0. The Balaban J connectivity index is 0.000000165. The zero-order valence-electron chi connectivity index (χ0n) is 19.2. The quantitative estimate of drug-likeness (QED) is 0.294.